The first-order valence-electron chi connectivity index (χ1n) is 14.6. The van der Waals surface area contributed by atoms with Gasteiger partial charge in [-0.3, -0.25) is 15.0 Å². The number of benzene rings is 3. The number of fused-ring (bicyclic) bond motifs is 6. The van der Waals surface area contributed by atoms with Crippen LogP contribution >= 0.6 is 0 Å². The molecule has 0 aliphatic heterocycles. The summed E-state index contributed by atoms with van der Waals surface area (Å²) in [7, 11) is 0. The molecule has 9 aromatic rings. The molecule has 3 aromatic carbocycles. The predicted molar refractivity (Wildman–Crippen MR) is 177 cm³/mol. The third kappa shape index (κ3) is 3.75. The van der Waals surface area contributed by atoms with Crippen LogP contribution in [-0.2, 0) is 0 Å². The monoisotopic (exact) mass is 564 g/mol. The normalized spacial score (nSPS) is 11.6. The minimum absolute atomic E-state index is 0.805. The first kappa shape index (κ1) is 24.5. The van der Waals surface area contributed by atoms with Gasteiger partial charge in [0.1, 0.15) is 0 Å². The summed E-state index contributed by atoms with van der Waals surface area (Å²) in [5.74, 6) is 0. The molecular formula is C38H24N6. The molecule has 6 nitrogen and oxygen atoms in total. The topological polar surface area (TPSA) is 61.4 Å². The molecule has 0 fully saturated rings. The molecule has 0 saturated heterocycles. The summed E-state index contributed by atoms with van der Waals surface area (Å²) in [5.41, 5.74) is 10.9. The Bertz CT molecular complexity index is 2400. The Morgan fingerprint density at radius 1 is 0.432 bits per heavy atom. The van der Waals surface area contributed by atoms with Gasteiger partial charge in [0.25, 0.3) is 0 Å². The molecule has 0 spiro atoms. The standard InChI is InChI=1S/C38H24N6/c1-3-14-34-28(11-1)29-17-20-39-24-37(29)44(34)27-22-32(42-33(23-27)31-13-5-6-18-40-31)25-9-7-10-26(21-25)43-35-15-4-2-12-30(35)38-36(43)16-8-19-41-38/h1-24H. The number of pyridine rings is 4. The first-order valence-corrected chi connectivity index (χ1v) is 14.6. The number of rotatable bonds is 4. The molecule has 0 unspecified atom stereocenters. The van der Waals surface area contributed by atoms with Crippen LogP contribution in [-0.4, -0.2) is 29.1 Å². The van der Waals surface area contributed by atoms with E-state index in [9.17, 15) is 0 Å². The highest BCUT2D eigenvalue weighted by atomic mass is 15.0. The smallest absolute Gasteiger partial charge is 0.0963 e. The van der Waals surface area contributed by atoms with Crippen molar-refractivity contribution in [1.29, 1.82) is 0 Å². The number of hydrogen-bond donors (Lipinski definition) is 0. The summed E-state index contributed by atoms with van der Waals surface area (Å²) < 4.78 is 4.56. The van der Waals surface area contributed by atoms with Crippen molar-refractivity contribution in [3.63, 3.8) is 0 Å². The van der Waals surface area contributed by atoms with E-state index in [2.05, 4.69) is 116 Å². The van der Waals surface area contributed by atoms with Gasteiger partial charge < -0.3 is 9.13 Å². The van der Waals surface area contributed by atoms with Gasteiger partial charge in [0.05, 0.1) is 56.5 Å². The highest BCUT2D eigenvalue weighted by Gasteiger charge is 2.17. The second-order valence-electron chi connectivity index (χ2n) is 10.8. The fraction of sp³-hybridized carbons (Fsp3) is 0. The molecule has 9 rings (SSSR count). The van der Waals surface area contributed by atoms with Gasteiger partial charge in [-0.1, -0.05) is 54.6 Å². The van der Waals surface area contributed by atoms with Crippen molar-refractivity contribution in [2.45, 2.75) is 0 Å². The van der Waals surface area contributed by atoms with Gasteiger partial charge in [0.15, 0.2) is 0 Å². The van der Waals surface area contributed by atoms with Crippen molar-refractivity contribution < 1.29 is 0 Å². The van der Waals surface area contributed by atoms with Gasteiger partial charge in [-0.2, -0.15) is 0 Å². The Morgan fingerprint density at radius 2 is 1.16 bits per heavy atom. The Hall–Kier alpha value is -6.14. The summed E-state index contributed by atoms with van der Waals surface area (Å²) in [6, 6.07) is 41.9. The lowest BCUT2D eigenvalue weighted by Gasteiger charge is -2.14. The molecule has 0 aliphatic rings. The average molecular weight is 565 g/mol. The minimum Gasteiger partial charge on any atom is -0.308 e. The summed E-state index contributed by atoms with van der Waals surface area (Å²) >= 11 is 0. The van der Waals surface area contributed by atoms with Crippen LogP contribution in [0.3, 0.4) is 0 Å². The number of aromatic nitrogens is 6. The molecule has 6 aromatic heterocycles. The van der Waals surface area contributed by atoms with Gasteiger partial charge in [-0.15, -0.1) is 0 Å². The van der Waals surface area contributed by atoms with E-state index in [4.69, 9.17) is 9.97 Å². The molecule has 6 heteroatoms. The van der Waals surface area contributed by atoms with Crippen LogP contribution in [0, 0.1) is 0 Å². The molecule has 0 bridgehead atoms. The van der Waals surface area contributed by atoms with E-state index in [0.29, 0.717) is 0 Å². The van der Waals surface area contributed by atoms with Crippen LogP contribution in [0.15, 0.2) is 146 Å². The zero-order valence-electron chi connectivity index (χ0n) is 23.5. The van der Waals surface area contributed by atoms with E-state index in [1.54, 1.807) is 0 Å². The fourth-order valence-electron chi connectivity index (χ4n) is 6.40. The zero-order chi connectivity index (χ0) is 29.0. The molecule has 6 heterocycles. The second kappa shape index (κ2) is 9.71. The van der Waals surface area contributed by atoms with E-state index >= 15 is 0 Å². The van der Waals surface area contributed by atoms with Gasteiger partial charge in [-0.05, 0) is 66.7 Å². The fourth-order valence-corrected chi connectivity index (χ4v) is 6.40. The zero-order valence-corrected chi connectivity index (χ0v) is 23.5. The lowest BCUT2D eigenvalue weighted by Crippen LogP contribution is -2.00. The Balaban J connectivity index is 1.30. The largest absolute Gasteiger partial charge is 0.308 e. The Kier molecular flexibility index (Phi) is 5.40. The maximum absolute atomic E-state index is 5.18. The van der Waals surface area contributed by atoms with E-state index < -0.39 is 0 Å². The summed E-state index contributed by atoms with van der Waals surface area (Å²) in [5, 5.41) is 3.48. The Morgan fingerprint density at radius 3 is 2.05 bits per heavy atom. The van der Waals surface area contributed by atoms with Crippen LogP contribution in [0.25, 0.3) is 77.8 Å². The second-order valence-corrected chi connectivity index (χ2v) is 10.8. The van der Waals surface area contributed by atoms with Crippen molar-refractivity contribution in [3.8, 4) is 34.0 Å². The number of para-hydroxylation sites is 2. The quantitative estimate of drug-likeness (QED) is 0.214. The van der Waals surface area contributed by atoms with Crippen molar-refractivity contribution in [2.75, 3.05) is 0 Å². The van der Waals surface area contributed by atoms with Crippen LogP contribution in [0.5, 0.6) is 0 Å². The first-order chi connectivity index (χ1) is 21.8. The van der Waals surface area contributed by atoms with E-state index in [1.165, 1.54) is 5.39 Å². The molecule has 0 saturated carbocycles. The van der Waals surface area contributed by atoms with Crippen LogP contribution in [0.4, 0.5) is 0 Å². The van der Waals surface area contributed by atoms with Crippen molar-refractivity contribution in [3.05, 3.63) is 146 Å². The lowest BCUT2D eigenvalue weighted by atomic mass is 10.1. The molecule has 0 amide bonds. The lowest BCUT2D eigenvalue weighted by molar-refractivity contribution is 1.14. The maximum atomic E-state index is 5.18. The summed E-state index contributed by atoms with van der Waals surface area (Å²) in [4.78, 5) is 19.1. The SMILES string of the molecule is c1ccc(-c2cc(-n3c4ccccc4c4ccncc43)cc(-c3cccc(-n4c5ccccc5c5ncccc54)c3)n2)nc1. The molecule has 0 N–H and O–H groups in total. The Labute approximate surface area is 252 Å². The van der Waals surface area contributed by atoms with E-state index in [0.717, 1.165) is 72.4 Å². The molecule has 0 radical (unpaired) electrons. The van der Waals surface area contributed by atoms with E-state index in [1.807, 2.05) is 49.1 Å². The third-order valence-corrected chi connectivity index (χ3v) is 8.30. The van der Waals surface area contributed by atoms with E-state index in [-0.39, 0.29) is 0 Å². The van der Waals surface area contributed by atoms with Crippen LogP contribution in [0.1, 0.15) is 0 Å². The predicted octanol–water partition coefficient (Wildman–Crippen LogP) is 8.79. The highest BCUT2D eigenvalue weighted by Crippen LogP contribution is 2.35. The van der Waals surface area contributed by atoms with Crippen molar-refractivity contribution in [1.82, 2.24) is 29.1 Å². The van der Waals surface area contributed by atoms with Gasteiger partial charge >= 0.3 is 0 Å². The van der Waals surface area contributed by atoms with Crippen LogP contribution < -0.4 is 0 Å². The maximum Gasteiger partial charge on any atom is 0.0963 e. The molecular weight excluding hydrogens is 540 g/mol. The minimum atomic E-state index is 0.805. The van der Waals surface area contributed by atoms with Gasteiger partial charge in [-0.25, -0.2) is 4.98 Å². The van der Waals surface area contributed by atoms with Gasteiger partial charge in [0, 0.05) is 46.0 Å². The summed E-state index contributed by atoms with van der Waals surface area (Å²) in [6.45, 7) is 0. The van der Waals surface area contributed by atoms with Crippen molar-refractivity contribution >= 4 is 43.7 Å². The van der Waals surface area contributed by atoms with Gasteiger partial charge in [0.2, 0.25) is 0 Å². The van der Waals surface area contributed by atoms with Crippen molar-refractivity contribution in [2.24, 2.45) is 0 Å². The number of nitrogens with zero attached hydrogens (tertiary/aromatic N) is 6. The molecule has 206 valence electrons. The highest BCUT2D eigenvalue weighted by molar-refractivity contribution is 6.09. The molecule has 0 aliphatic carbocycles. The average Bonchev–Trinajstić information content (AvgIpc) is 3.62. The number of hydrogen-bond acceptors (Lipinski definition) is 4. The molecule has 0 atom stereocenters. The summed E-state index contributed by atoms with van der Waals surface area (Å²) in [6.07, 6.45) is 7.46. The molecule has 44 heavy (non-hydrogen) atoms. The van der Waals surface area contributed by atoms with Crippen LogP contribution in [0.2, 0.25) is 0 Å². The third-order valence-electron chi connectivity index (χ3n) is 8.30.